The summed E-state index contributed by atoms with van der Waals surface area (Å²) in [4.78, 5) is 36.8. The first-order valence-corrected chi connectivity index (χ1v) is 10.7. The molecule has 0 spiro atoms. The number of nitrogens with one attached hydrogen (secondary N) is 2. The summed E-state index contributed by atoms with van der Waals surface area (Å²) in [7, 11) is 0. The maximum Gasteiger partial charge on any atom is 0.313 e. The smallest absolute Gasteiger partial charge is 0.313 e. The van der Waals surface area contributed by atoms with Gasteiger partial charge in [-0.15, -0.1) is 0 Å². The highest BCUT2D eigenvalue weighted by molar-refractivity contribution is 7.08. The number of amides is 2. The number of halogens is 1. The zero-order chi connectivity index (χ0) is 21.5. The van der Waals surface area contributed by atoms with Crippen molar-refractivity contribution in [3.05, 3.63) is 56.5 Å². The highest BCUT2D eigenvalue weighted by atomic mass is 32.1. The van der Waals surface area contributed by atoms with E-state index in [1.165, 1.54) is 18.9 Å². The van der Waals surface area contributed by atoms with Crippen LogP contribution < -0.4 is 10.6 Å². The lowest BCUT2D eigenvalue weighted by Crippen LogP contribution is -2.42. The summed E-state index contributed by atoms with van der Waals surface area (Å²) in [5, 5.41) is 19.8. The summed E-state index contributed by atoms with van der Waals surface area (Å²) in [5.74, 6) is -2.83. The Morgan fingerprint density at radius 3 is 2.53 bits per heavy atom. The topological polar surface area (TPSA) is 105 Å². The van der Waals surface area contributed by atoms with E-state index in [1.54, 1.807) is 11.3 Å². The van der Waals surface area contributed by atoms with E-state index in [0.29, 0.717) is 0 Å². The van der Waals surface area contributed by atoms with Gasteiger partial charge < -0.3 is 10.6 Å². The van der Waals surface area contributed by atoms with Crippen molar-refractivity contribution < 1.29 is 18.9 Å². The fourth-order valence-corrected chi connectivity index (χ4v) is 4.22. The van der Waals surface area contributed by atoms with Crippen molar-refractivity contribution >= 4 is 34.5 Å². The number of hydrogen-bond donors (Lipinski definition) is 2. The molecule has 0 bridgehead atoms. The number of thiophene rings is 1. The average Bonchev–Trinajstić information content (AvgIpc) is 3.12. The first-order valence-electron chi connectivity index (χ1n) is 9.75. The van der Waals surface area contributed by atoms with E-state index in [-0.39, 0.29) is 18.3 Å². The zero-order valence-electron chi connectivity index (χ0n) is 16.3. The van der Waals surface area contributed by atoms with E-state index in [9.17, 15) is 24.1 Å². The van der Waals surface area contributed by atoms with Gasteiger partial charge in [-0.2, -0.15) is 15.7 Å². The van der Waals surface area contributed by atoms with Crippen molar-refractivity contribution in [2.24, 2.45) is 0 Å². The molecule has 8 nitrogen and oxygen atoms in total. The predicted octanol–water partition coefficient (Wildman–Crippen LogP) is 3.47. The number of carbonyl (C=O) groups is 2. The van der Waals surface area contributed by atoms with Gasteiger partial charge in [0.05, 0.1) is 11.0 Å². The fourth-order valence-electron chi connectivity index (χ4n) is 3.52. The summed E-state index contributed by atoms with van der Waals surface area (Å²) < 4.78 is 13.4. The molecular formula is C20H23FN4O4S. The lowest BCUT2D eigenvalue weighted by atomic mass is 10.1. The van der Waals surface area contributed by atoms with Crippen LogP contribution in [0.2, 0.25) is 0 Å². The molecule has 1 aliphatic rings. The molecular weight excluding hydrogens is 411 g/mol. The predicted molar refractivity (Wildman–Crippen MR) is 112 cm³/mol. The fraction of sp³-hybridized carbons (Fsp3) is 0.400. The van der Waals surface area contributed by atoms with Gasteiger partial charge >= 0.3 is 17.5 Å². The van der Waals surface area contributed by atoms with E-state index in [1.807, 2.05) is 16.8 Å². The van der Waals surface area contributed by atoms with Gasteiger partial charge in [0.15, 0.2) is 0 Å². The summed E-state index contributed by atoms with van der Waals surface area (Å²) in [6.07, 6.45) is 4.56. The van der Waals surface area contributed by atoms with Gasteiger partial charge in [0.2, 0.25) is 5.82 Å². The molecule has 10 heteroatoms. The van der Waals surface area contributed by atoms with Crippen LogP contribution >= 0.6 is 11.3 Å². The van der Waals surface area contributed by atoms with Crippen LogP contribution in [0.5, 0.6) is 0 Å². The van der Waals surface area contributed by atoms with Crippen molar-refractivity contribution in [1.82, 2.24) is 10.2 Å². The van der Waals surface area contributed by atoms with Gasteiger partial charge in [0.1, 0.15) is 0 Å². The Bertz CT molecular complexity index is 898. The Hall–Kier alpha value is -2.85. The number of hydrogen-bond acceptors (Lipinski definition) is 6. The maximum atomic E-state index is 13.4. The van der Waals surface area contributed by atoms with Crippen LogP contribution in [-0.4, -0.2) is 41.3 Å². The van der Waals surface area contributed by atoms with Crippen molar-refractivity contribution in [2.45, 2.75) is 31.7 Å². The molecule has 0 saturated carbocycles. The summed E-state index contributed by atoms with van der Waals surface area (Å²) >= 11 is 1.58. The quantitative estimate of drug-likeness (QED) is 0.412. The molecule has 1 aliphatic heterocycles. The van der Waals surface area contributed by atoms with Gasteiger partial charge in [-0.05, 0) is 60.5 Å². The Morgan fingerprint density at radius 2 is 1.90 bits per heavy atom. The highest BCUT2D eigenvalue weighted by Crippen LogP contribution is 2.26. The highest BCUT2D eigenvalue weighted by Gasteiger charge is 2.24. The number of benzene rings is 1. The number of rotatable bonds is 6. The molecule has 2 N–H and O–H groups in total. The average molecular weight is 434 g/mol. The Morgan fingerprint density at radius 1 is 1.17 bits per heavy atom. The third-order valence-electron chi connectivity index (χ3n) is 5.07. The third kappa shape index (κ3) is 5.61. The molecule has 160 valence electrons. The number of likely N-dealkylation sites (tertiary alicyclic amines) is 1. The van der Waals surface area contributed by atoms with Gasteiger partial charge in [0, 0.05) is 18.3 Å². The molecule has 30 heavy (non-hydrogen) atoms. The molecule has 1 unspecified atom stereocenters. The lowest BCUT2D eigenvalue weighted by molar-refractivity contribution is -0.387. The number of nitro groups is 1. The van der Waals surface area contributed by atoms with Gasteiger partial charge in [-0.25, -0.2) is 0 Å². The monoisotopic (exact) mass is 434 g/mol. The van der Waals surface area contributed by atoms with Gasteiger partial charge in [0.25, 0.3) is 0 Å². The van der Waals surface area contributed by atoms with Crippen LogP contribution in [-0.2, 0) is 9.59 Å². The van der Waals surface area contributed by atoms with E-state index in [4.69, 9.17) is 0 Å². The second-order valence-corrected chi connectivity index (χ2v) is 7.89. The number of nitro benzene ring substituents is 1. The molecule has 1 aromatic heterocycles. The van der Waals surface area contributed by atoms with Crippen molar-refractivity contribution in [3.63, 3.8) is 0 Å². The van der Waals surface area contributed by atoms with Crippen LogP contribution in [0.1, 0.15) is 37.3 Å². The number of nitrogens with zero attached hydrogens (tertiary/aromatic N) is 2. The van der Waals surface area contributed by atoms with Crippen molar-refractivity contribution in [1.29, 1.82) is 0 Å². The summed E-state index contributed by atoms with van der Waals surface area (Å²) in [6, 6.07) is 4.91. The SMILES string of the molecule is O=C(NCC(c1ccsc1)N1CCCCCC1)C(=O)Nc1ccc(F)c([N+](=O)[O-])c1. The molecule has 1 atom stereocenters. The van der Waals surface area contributed by atoms with Crippen LogP contribution in [0.15, 0.2) is 35.0 Å². The molecule has 0 aliphatic carbocycles. The molecule has 2 aromatic rings. The normalized spacial score (nSPS) is 15.8. The molecule has 2 heterocycles. The standard InChI is InChI=1S/C20H23FN4O4S/c21-16-6-5-15(11-17(16)25(28)29)23-20(27)19(26)22-12-18(14-7-10-30-13-14)24-8-3-1-2-4-9-24/h5-7,10-11,13,18H,1-4,8-9,12H2,(H,22,26)(H,23,27). The minimum atomic E-state index is -1.02. The molecule has 1 saturated heterocycles. The molecule has 1 fully saturated rings. The van der Waals surface area contributed by atoms with E-state index in [0.717, 1.165) is 43.6 Å². The van der Waals surface area contributed by atoms with Crippen molar-refractivity contribution in [3.8, 4) is 0 Å². The van der Waals surface area contributed by atoms with E-state index >= 15 is 0 Å². The van der Waals surface area contributed by atoms with E-state index < -0.39 is 28.2 Å². The van der Waals surface area contributed by atoms with Crippen LogP contribution in [0.4, 0.5) is 15.8 Å². The molecule has 0 radical (unpaired) electrons. The second-order valence-electron chi connectivity index (χ2n) is 7.11. The Labute approximate surface area is 177 Å². The van der Waals surface area contributed by atoms with Crippen LogP contribution in [0, 0.1) is 15.9 Å². The number of carbonyl (C=O) groups excluding carboxylic acids is 2. The van der Waals surface area contributed by atoms with Gasteiger partial charge in [-0.1, -0.05) is 12.8 Å². The zero-order valence-corrected chi connectivity index (χ0v) is 17.1. The molecule has 2 amide bonds. The second kappa shape index (κ2) is 10.3. The first kappa shape index (κ1) is 21.8. The lowest BCUT2D eigenvalue weighted by Gasteiger charge is -2.30. The summed E-state index contributed by atoms with van der Waals surface area (Å²) in [6.45, 7) is 2.14. The summed E-state index contributed by atoms with van der Waals surface area (Å²) in [5.41, 5.74) is 0.300. The minimum Gasteiger partial charge on any atom is -0.346 e. The Balaban J connectivity index is 1.63. The first-order chi connectivity index (χ1) is 14.5. The van der Waals surface area contributed by atoms with Crippen LogP contribution in [0.25, 0.3) is 0 Å². The van der Waals surface area contributed by atoms with E-state index in [2.05, 4.69) is 15.5 Å². The Kier molecular flexibility index (Phi) is 7.47. The van der Waals surface area contributed by atoms with Crippen LogP contribution in [0.3, 0.4) is 0 Å². The van der Waals surface area contributed by atoms with Crippen molar-refractivity contribution in [2.75, 3.05) is 25.0 Å². The maximum absolute atomic E-state index is 13.4. The minimum absolute atomic E-state index is 0.0230. The molecule has 3 rings (SSSR count). The van der Waals surface area contributed by atoms with Gasteiger partial charge in [-0.3, -0.25) is 24.6 Å². The molecule has 1 aromatic carbocycles. The number of anilines is 1. The third-order valence-corrected chi connectivity index (χ3v) is 5.77. The largest absolute Gasteiger partial charge is 0.346 e.